The van der Waals surface area contributed by atoms with Crippen molar-refractivity contribution in [2.45, 2.75) is 24.2 Å². The Morgan fingerprint density at radius 1 is 1.08 bits per heavy atom. The lowest BCUT2D eigenvalue weighted by Gasteiger charge is -2.29. The second-order valence-electron chi connectivity index (χ2n) is 6.24. The number of hydrogen-bond acceptors (Lipinski definition) is 3. The minimum atomic E-state index is -3.60. The van der Waals surface area contributed by atoms with Gasteiger partial charge in [0.15, 0.2) is 0 Å². The molecule has 1 saturated carbocycles. The Morgan fingerprint density at radius 2 is 1.71 bits per heavy atom. The van der Waals surface area contributed by atoms with Crippen LogP contribution in [0.3, 0.4) is 0 Å². The molecular formula is C18H20ClNO3S. The van der Waals surface area contributed by atoms with E-state index in [4.69, 9.17) is 11.6 Å². The van der Waals surface area contributed by atoms with Crippen molar-refractivity contribution in [3.63, 3.8) is 0 Å². The fraction of sp³-hybridized carbons (Fsp3) is 0.333. The van der Waals surface area contributed by atoms with Crippen LogP contribution < -0.4 is 4.72 Å². The average molecular weight is 366 g/mol. The van der Waals surface area contributed by atoms with Crippen molar-refractivity contribution >= 4 is 21.6 Å². The van der Waals surface area contributed by atoms with Crippen LogP contribution in [0.4, 0.5) is 0 Å². The van der Waals surface area contributed by atoms with Gasteiger partial charge in [0.1, 0.15) is 5.60 Å². The van der Waals surface area contributed by atoms with E-state index >= 15 is 0 Å². The quantitative estimate of drug-likeness (QED) is 0.792. The molecule has 0 bridgehead atoms. The number of hydrogen-bond donors (Lipinski definition) is 2. The summed E-state index contributed by atoms with van der Waals surface area (Å²) in [5.41, 5.74) is 0.115. The summed E-state index contributed by atoms with van der Waals surface area (Å²) in [5.74, 6) is -0.120. The molecule has 1 aliphatic carbocycles. The van der Waals surface area contributed by atoms with Gasteiger partial charge in [-0.1, -0.05) is 60.1 Å². The van der Waals surface area contributed by atoms with E-state index in [0.29, 0.717) is 10.6 Å². The van der Waals surface area contributed by atoms with Gasteiger partial charge in [-0.15, -0.1) is 0 Å². The maximum absolute atomic E-state index is 12.4. The maximum atomic E-state index is 12.4. The average Bonchev–Trinajstić information content (AvgIpc) is 3.41. The number of sulfonamides is 1. The fourth-order valence-corrected chi connectivity index (χ4v) is 4.35. The van der Waals surface area contributed by atoms with Gasteiger partial charge in [0, 0.05) is 11.6 Å². The van der Waals surface area contributed by atoms with Crippen molar-refractivity contribution in [2.24, 2.45) is 5.92 Å². The lowest BCUT2D eigenvalue weighted by Crippen LogP contribution is -2.42. The Labute approximate surface area is 147 Å². The molecule has 2 aromatic carbocycles. The SMILES string of the molecule is O=S(=O)(Cc1ccccc1Cl)NC[C@](O)(c1ccccc1)C1CC1. The van der Waals surface area contributed by atoms with Crippen LogP contribution in [0.25, 0.3) is 0 Å². The van der Waals surface area contributed by atoms with Crippen molar-refractivity contribution in [1.29, 1.82) is 0 Å². The van der Waals surface area contributed by atoms with Crippen molar-refractivity contribution in [3.05, 3.63) is 70.7 Å². The molecule has 2 N–H and O–H groups in total. The smallest absolute Gasteiger partial charge is 0.215 e. The van der Waals surface area contributed by atoms with Crippen LogP contribution in [0.1, 0.15) is 24.0 Å². The Morgan fingerprint density at radius 3 is 2.33 bits per heavy atom. The lowest BCUT2D eigenvalue weighted by molar-refractivity contribution is 0.0185. The first-order valence-electron chi connectivity index (χ1n) is 7.89. The molecule has 0 saturated heterocycles. The number of nitrogens with one attached hydrogen (secondary N) is 1. The second kappa shape index (κ2) is 6.84. The zero-order valence-electron chi connectivity index (χ0n) is 13.2. The third-order valence-electron chi connectivity index (χ3n) is 4.39. The summed E-state index contributed by atoms with van der Waals surface area (Å²) in [5, 5.41) is 11.5. The van der Waals surface area contributed by atoms with Crippen molar-refractivity contribution < 1.29 is 13.5 Å². The molecule has 24 heavy (non-hydrogen) atoms. The van der Waals surface area contributed by atoms with E-state index in [1.54, 1.807) is 24.3 Å². The van der Waals surface area contributed by atoms with Crippen LogP contribution >= 0.6 is 11.6 Å². The molecule has 128 valence electrons. The number of aliphatic hydroxyl groups is 1. The van der Waals surface area contributed by atoms with E-state index in [1.807, 2.05) is 30.3 Å². The zero-order valence-corrected chi connectivity index (χ0v) is 14.7. The predicted molar refractivity (Wildman–Crippen MR) is 95.1 cm³/mol. The molecule has 0 heterocycles. The molecule has 1 atom stereocenters. The van der Waals surface area contributed by atoms with Crippen LogP contribution in [0.5, 0.6) is 0 Å². The molecule has 6 heteroatoms. The van der Waals surface area contributed by atoms with Gasteiger partial charge >= 0.3 is 0 Å². The van der Waals surface area contributed by atoms with Crippen LogP contribution in [0, 0.1) is 5.92 Å². The molecule has 0 amide bonds. The van der Waals surface area contributed by atoms with E-state index in [9.17, 15) is 13.5 Å². The Balaban J connectivity index is 1.74. The minimum Gasteiger partial charge on any atom is -0.383 e. The molecule has 3 rings (SSSR count). The van der Waals surface area contributed by atoms with E-state index in [-0.39, 0.29) is 18.2 Å². The Bertz CT molecular complexity index is 806. The largest absolute Gasteiger partial charge is 0.383 e. The highest BCUT2D eigenvalue weighted by Gasteiger charge is 2.45. The number of benzene rings is 2. The van der Waals surface area contributed by atoms with Crippen LogP contribution in [-0.4, -0.2) is 20.1 Å². The molecule has 0 aromatic heterocycles. The predicted octanol–water partition coefficient (Wildman–Crippen LogP) is 3.06. The van der Waals surface area contributed by atoms with Gasteiger partial charge in [-0.3, -0.25) is 0 Å². The molecule has 2 aromatic rings. The monoisotopic (exact) mass is 365 g/mol. The van der Waals surface area contributed by atoms with Gasteiger partial charge in [0.2, 0.25) is 10.0 Å². The summed E-state index contributed by atoms with van der Waals surface area (Å²) in [6.45, 7) is -0.0333. The van der Waals surface area contributed by atoms with Gasteiger partial charge in [-0.25, -0.2) is 13.1 Å². The van der Waals surface area contributed by atoms with Gasteiger partial charge in [-0.2, -0.15) is 0 Å². The highest BCUT2D eigenvalue weighted by atomic mass is 35.5. The first-order valence-corrected chi connectivity index (χ1v) is 9.92. The molecule has 0 unspecified atom stereocenters. The summed E-state index contributed by atoms with van der Waals surface area (Å²) in [4.78, 5) is 0. The summed E-state index contributed by atoms with van der Waals surface area (Å²) in [7, 11) is -3.60. The van der Waals surface area contributed by atoms with Crippen LogP contribution in [0.2, 0.25) is 5.02 Å². The van der Waals surface area contributed by atoms with Gasteiger partial charge in [-0.05, 0) is 36.0 Å². The van der Waals surface area contributed by atoms with Gasteiger partial charge in [0.25, 0.3) is 0 Å². The molecular weight excluding hydrogens is 346 g/mol. The van der Waals surface area contributed by atoms with Crippen molar-refractivity contribution in [1.82, 2.24) is 4.72 Å². The molecule has 1 aliphatic rings. The summed E-state index contributed by atoms with van der Waals surface area (Å²) in [6, 6.07) is 16.1. The van der Waals surface area contributed by atoms with Gasteiger partial charge < -0.3 is 5.11 Å². The number of halogens is 1. The highest BCUT2D eigenvalue weighted by Crippen LogP contribution is 2.45. The third-order valence-corrected chi connectivity index (χ3v) is 6.04. The standard InChI is InChI=1S/C18H20ClNO3S/c19-17-9-5-4-6-14(17)12-24(22,23)20-13-18(21,16-10-11-16)15-7-2-1-3-8-15/h1-9,16,20-21H,10-13H2/t18-/m0/s1. The third kappa shape index (κ3) is 3.98. The molecule has 1 fully saturated rings. The first-order chi connectivity index (χ1) is 11.4. The van der Waals surface area contributed by atoms with Crippen LogP contribution in [-0.2, 0) is 21.4 Å². The molecule has 0 spiro atoms. The fourth-order valence-electron chi connectivity index (χ4n) is 2.86. The highest BCUT2D eigenvalue weighted by molar-refractivity contribution is 7.88. The topological polar surface area (TPSA) is 66.4 Å². The summed E-state index contributed by atoms with van der Waals surface area (Å²) >= 11 is 6.04. The van der Waals surface area contributed by atoms with Crippen LogP contribution in [0.15, 0.2) is 54.6 Å². The first kappa shape index (κ1) is 17.4. The van der Waals surface area contributed by atoms with Crippen molar-refractivity contribution in [3.8, 4) is 0 Å². The van der Waals surface area contributed by atoms with E-state index in [0.717, 1.165) is 18.4 Å². The second-order valence-corrected chi connectivity index (χ2v) is 8.45. The summed E-state index contributed by atoms with van der Waals surface area (Å²) in [6.07, 6.45) is 1.80. The Hall–Kier alpha value is -1.40. The maximum Gasteiger partial charge on any atom is 0.215 e. The zero-order chi connectivity index (χ0) is 17.2. The van der Waals surface area contributed by atoms with Gasteiger partial charge in [0.05, 0.1) is 5.75 Å². The van der Waals surface area contributed by atoms with E-state index in [2.05, 4.69) is 4.72 Å². The van der Waals surface area contributed by atoms with E-state index < -0.39 is 15.6 Å². The number of rotatable bonds is 7. The Kier molecular flexibility index (Phi) is 4.97. The molecule has 4 nitrogen and oxygen atoms in total. The van der Waals surface area contributed by atoms with E-state index in [1.165, 1.54) is 0 Å². The minimum absolute atomic E-state index is 0.0333. The normalized spacial score (nSPS) is 17.4. The molecule has 0 aliphatic heterocycles. The molecule has 0 radical (unpaired) electrons. The van der Waals surface area contributed by atoms with Crippen molar-refractivity contribution in [2.75, 3.05) is 6.54 Å². The lowest BCUT2D eigenvalue weighted by atomic mass is 9.89. The summed E-state index contributed by atoms with van der Waals surface area (Å²) < 4.78 is 27.3.